The molecule has 1 aromatic heterocycles. The predicted octanol–water partition coefficient (Wildman–Crippen LogP) is 4.46. The van der Waals surface area contributed by atoms with Gasteiger partial charge < -0.3 is 14.7 Å². The zero-order valence-electron chi connectivity index (χ0n) is 22.5. The van der Waals surface area contributed by atoms with E-state index < -0.39 is 15.9 Å². The number of hydrogen-bond donors (Lipinski definition) is 1. The van der Waals surface area contributed by atoms with Crippen molar-refractivity contribution in [1.82, 2.24) is 9.46 Å². The fourth-order valence-corrected chi connectivity index (χ4v) is 7.33. The lowest BCUT2D eigenvalue weighted by Gasteiger charge is -2.36. The smallest absolute Gasteiger partial charge is 0.248 e. The Bertz CT molecular complexity index is 1570. The molecule has 39 heavy (non-hydrogen) atoms. The summed E-state index contributed by atoms with van der Waals surface area (Å²) in [7, 11) is -4.00. The van der Waals surface area contributed by atoms with E-state index in [0.29, 0.717) is 24.2 Å². The molecule has 10 heteroatoms. The van der Waals surface area contributed by atoms with Gasteiger partial charge in [-0.05, 0) is 75.4 Å². The summed E-state index contributed by atoms with van der Waals surface area (Å²) >= 11 is 0. The Morgan fingerprint density at radius 2 is 1.82 bits per heavy atom. The van der Waals surface area contributed by atoms with Crippen LogP contribution in [0.25, 0.3) is 12.2 Å². The van der Waals surface area contributed by atoms with E-state index in [1.165, 1.54) is 9.21 Å². The molecule has 1 atom stereocenters. The zero-order chi connectivity index (χ0) is 27.9. The van der Waals surface area contributed by atoms with Gasteiger partial charge in [0.05, 0.1) is 17.3 Å². The Kier molecular flexibility index (Phi) is 7.17. The summed E-state index contributed by atoms with van der Waals surface area (Å²) in [5, 5.41) is 6.74. The lowest BCUT2D eigenvalue weighted by Crippen LogP contribution is -2.50. The highest BCUT2D eigenvalue weighted by atomic mass is 32.2. The number of rotatable bonds is 5. The van der Waals surface area contributed by atoms with Crippen LogP contribution in [0.3, 0.4) is 0 Å². The molecule has 0 radical (unpaired) electrons. The van der Waals surface area contributed by atoms with Gasteiger partial charge in [-0.3, -0.25) is 9.59 Å². The van der Waals surface area contributed by atoms with Crippen LogP contribution in [-0.2, 0) is 19.6 Å². The van der Waals surface area contributed by atoms with Gasteiger partial charge in [0.1, 0.15) is 12.2 Å². The standard InChI is InChI=1S/C29H32N4O5S/c1-18-14-19(2)23(20(3)15-18)11-12-26-28(21(4)31-38-26)39(36,37)32-13-7-8-22(16-32)29(35)33-17-27(34)30-24-9-5-6-10-25(24)33/h5-6,9-12,14-15,22H,7-8,13,16-17H2,1-4H3,(H,30,34)/b12-11+. The highest BCUT2D eigenvalue weighted by Crippen LogP contribution is 2.34. The fraction of sp³-hybridized carbons (Fsp3) is 0.345. The number of sulfonamides is 1. The second-order valence-corrected chi connectivity index (χ2v) is 12.2. The van der Waals surface area contributed by atoms with Crippen molar-refractivity contribution in [3.05, 3.63) is 70.1 Å². The van der Waals surface area contributed by atoms with Crippen LogP contribution in [0.15, 0.2) is 45.8 Å². The number of aryl methyl sites for hydroxylation is 4. The monoisotopic (exact) mass is 548 g/mol. The summed E-state index contributed by atoms with van der Waals surface area (Å²) in [5.41, 5.74) is 5.76. The molecule has 3 heterocycles. The maximum atomic E-state index is 13.9. The number of fused-ring (bicyclic) bond motifs is 1. The Balaban J connectivity index is 1.41. The lowest BCUT2D eigenvalue weighted by atomic mass is 9.97. The normalized spacial score (nSPS) is 18.3. The first kappa shape index (κ1) is 26.8. The first-order chi connectivity index (χ1) is 18.6. The van der Waals surface area contributed by atoms with Crippen molar-refractivity contribution in [3.8, 4) is 0 Å². The quantitative estimate of drug-likeness (QED) is 0.504. The SMILES string of the molecule is Cc1cc(C)c(/C=C/c2onc(C)c2S(=O)(=O)N2CCCC(C(=O)N3CC(=O)Nc4ccccc43)C2)c(C)c1. The molecule has 1 N–H and O–H groups in total. The van der Waals surface area contributed by atoms with Crippen molar-refractivity contribution >= 4 is 45.4 Å². The molecular formula is C29H32N4O5S. The summed E-state index contributed by atoms with van der Waals surface area (Å²) < 4.78 is 34.6. The average molecular weight is 549 g/mol. The zero-order valence-corrected chi connectivity index (χ0v) is 23.3. The number of carbonyl (C=O) groups is 2. The molecule has 1 unspecified atom stereocenters. The van der Waals surface area contributed by atoms with E-state index in [1.54, 1.807) is 37.3 Å². The predicted molar refractivity (Wildman–Crippen MR) is 150 cm³/mol. The highest BCUT2D eigenvalue weighted by molar-refractivity contribution is 7.89. The Hall–Kier alpha value is -3.76. The second-order valence-electron chi connectivity index (χ2n) is 10.3. The average Bonchev–Trinajstić information content (AvgIpc) is 3.28. The molecule has 3 aromatic rings. The number of carbonyl (C=O) groups excluding carboxylic acids is 2. The third-order valence-electron chi connectivity index (χ3n) is 7.34. The largest absolute Gasteiger partial charge is 0.355 e. The molecule has 2 aromatic carbocycles. The van der Waals surface area contributed by atoms with Crippen LogP contribution in [0, 0.1) is 33.6 Å². The molecule has 0 saturated carbocycles. The summed E-state index contributed by atoms with van der Waals surface area (Å²) in [6, 6.07) is 11.3. The fourth-order valence-electron chi connectivity index (χ4n) is 5.55. The molecule has 2 aliphatic rings. The van der Waals surface area contributed by atoms with Crippen molar-refractivity contribution < 1.29 is 22.5 Å². The van der Waals surface area contributed by atoms with Crippen molar-refractivity contribution in [1.29, 1.82) is 0 Å². The molecule has 0 bridgehead atoms. The van der Waals surface area contributed by atoms with Crippen molar-refractivity contribution in [2.24, 2.45) is 5.92 Å². The number of amides is 2. The van der Waals surface area contributed by atoms with E-state index >= 15 is 0 Å². The van der Waals surface area contributed by atoms with Crippen LogP contribution in [0.1, 0.15) is 46.5 Å². The maximum Gasteiger partial charge on any atom is 0.248 e. The number of nitrogens with zero attached hydrogens (tertiary/aromatic N) is 3. The van der Waals surface area contributed by atoms with Gasteiger partial charge in [0.25, 0.3) is 0 Å². The molecule has 5 rings (SSSR count). The third kappa shape index (κ3) is 5.14. The molecule has 0 aliphatic carbocycles. The highest BCUT2D eigenvalue weighted by Gasteiger charge is 2.39. The van der Waals surface area contributed by atoms with Crippen molar-refractivity contribution in [2.45, 2.75) is 45.4 Å². The third-order valence-corrected chi connectivity index (χ3v) is 9.36. The van der Waals surface area contributed by atoms with E-state index in [4.69, 9.17) is 4.52 Å². The van der Waals surface area contributed by atoms with Crippen LogP contribution in [0.2, 0.25) is 0 Å². The Morgan fingerprint density at radius 1 is 1.10 bits per heavy atom. The minimum absolute atomic E-state index is 0.0111. The molecule has 2 aliphatic heterocycles. The van der Waals surface area contributed by atoms with Gasteiger partial charge in [0.15, 0.2) is 10.7 Å². The minimum atomic E-state index is -4.00. The molecule has 1 saturated heterocycles. The number of aromatic nitrogens is 1. The van der Waals surface area contributed by atoms with Gasteiger partial charge in [0, 0.05) is 13.1 Å². The molecule has 9 nitrogen and oxygen atoms in total. The van der Waals surface area contributed by atoms with Gasteiger partial charge in [0.2, 0.25) is 21.8 Å². The number of piperidine rings is 1. The molecule has 1 fully saturated rings. The summed E-state index contributed by atoms with van der Waals surface area (Å²) in [6.45, 7) is 7.87. The van der Waals surface area contributed by atoms with Gasteiger partial charge in [-0.1, -0.05) is 41.1 Å². The maximum absolute atomic E-state index is 13.9. The van der Waals surface area contributed by atoms with Gasteiger partial charge in [-0.2, -0.15) is 4.31 Å². The van der Waals surface area contributed by atoms with Gasteiger partial charge in [-0.15, -0.1) is 0 Å². The van der Waals surface area contributed by atoms with E-state index in [-0.39, 0.29) is 47.8 Å². The van der Waals surface area contributed by atoms with Crippen LogP contribution >= 0.6 is 0 Å². The lowest BCUT2D eigenvalue weighted by molar-refractivity contribution is -0.125. The van der Waals surface area contributed by atoms with Gasteiger partial charge in [-0.25, -0.2) is 8.42 Å². The number of para-hydroxylation sites is 2. The molecule has 204 valence electrons. The minimum Gasteiger partial charge on any atom is -0.355 e. The van der Waals surface area contributed by atoms with Gasteiger partial charge >= 0.3 is 0 Å². The Morgan fingerprint density at radius 3 is 2.56 bits per heavy atom. The molecule has 0 spiro atoms. The van der Waals surface area contributed by atoms with E-state index in [9.17, 15) is 18.0 Å². The molecule has 2 amide bonds. The topological polar surface area (TPSA) is 113 Å². The number of benzene rings is 2. The summed E-state index contributed by atoms with van der Waals surface area (Å²) in [4.78, 5) is 27.3. The first-order valence-electron chi connectivity index (χ1n) is 13.0. The van der Waals surface area contributed by atoms with Crippen LogP contribution in [-0.4, -0.2) is 49.3 Å². The van der Waals surface area contributed by atoms with Crippen molar-refractivity contribution in [3.63, 3.8) is 0 Å². The first-order valence-corrected chi connectivity index (χ1v) is 14.4. The van der Waals surface area contributed by atoms with Crippen LogP contribution in [0.4, 0.5) is 11.4 Å². The van der Waals surface area contributed by atoms with E-state index in [1.807, 2.05) is 26.8 Å². The number of nitrogens with one attached hydrogen (secondary N) is 1. The number of anilines is 2. The van der Waals surface area contributed by atoms with Crippen LogP contribution < -0.4 is 10.2 Å². The van der Waals surface area contributed by atoms with Crippen LogP contribution in [0.5, 0.6) is 0 Å². The summed E-state index contributed by atoms with van der Waals surface area (Å²) in [5.74, 6) is -0.964. The molecular weight excluding hydrogens is 516 g/mol. The second kappa shape index (κ2) is 10.4. The summed E-state index contributed by atoms with van der Waals surface area (Å²) in [6.07, 6.45) is 4.55. The van der Waals surface area contributed by atoms with Crippen molar-refractivity contribution in [2.75, 3.05) is 29.9 Å². The Labute approximate surface area is 228 Å². The van der Waals surface area contributed by atoms with E-state index in [2.05, 4.69) is 22.6 Å². The number of hydrogen-bond acceptors (Lipinski definition) is 6. The van der Waals surface area contributed by atoms with E-state index in [0.717, 1.165) is 22.3 Å².